The predicted octanol–water partition coefficient (Wildman–Crippen LogP) is 4.67. The highest BCUT2D eigenvalue weighted by atomic mass is 32.1. The molecule has 0 fully saturated rings. The molecule has 4 nitrogen and oxygen atoms in total. The number of carbonyl (C=O) groups excluding carboxylic acids is 2. The summed E-state index contributed by atoms with van der Waals surface area (Å²) in [5.41, 5.74) is 2.47. The molecule has 1 aromatic carbocycles. The van der Waals surface area contributed by atoms with Gasteiger partial charge >= 0.3 is 5.97 Å². The summed E-state index contributed by atoms with van der Waals surface area (Å²) >= 11 is 1.54. The van der Waals surface area contributed by atoms with Crippen LogP contribution in [-0.4, -0.2) is 18.5 Å². The largest absolute Gasteiger partial charge is 0.452 e. The monoisotopic (exact) mass is 345 g/mol. The van der Waals surface area contributed by atoms with Crippen LogP contribution in [0.1, 0.15) is 51.9 Å². The summed E-state index contributed by atoms with van der Waals surface area (Å²) in [6.45, 7) is 7.82. The van der Waals surface area contributed by atoms with Crippen molar-refractivity contribution in [1.29, 1.82) is 0 Å². The number of aryl methyl sites for hydroxylation is 2. The van der Waals surface area contributed by atoms with Gasteiger partial charge in [-0.15, -0.1) is 11.3 Å². The number of thiophene rings is 1. The number of anilines is 1. The Kier molecular flexibility index (Phi) is 6.15. The van der Waals surface area contributed by atoms with Gasteiger partial charge in [0, 0.05) is 15.4 Å². The average molecular weight is 345 g/mol. The predicted molar refractivity (Wildman–Crippen MR) is 97.9 cm³/mol. The number of rotatable bonds is 6. The Morgan fingerprint density at radius 3 is 2.42 bits per heavy atom. The van der Waals surface area contributed by atoms with Crippen LogP contribution in [0.4, 0.5) is 5.69 Å². The minimum atomic E-state index is -0.459. The normalized spacial score (nSPS) is 11.8. The van der Waals surface area contributed by atoms with Crippen molar-refractivity contribution in [3.05, 3.63) is 51.2 Å². The lowest BCUT2D eigenvalue weighted by atomic mass is 9.99. The molecular weight excluding hydrogens is 322 g/mol. The summed E-state index contributed by atoms with van der Waals surface area (Å²) in [6, 6.07) is 9.54. The van der Waals surface area contributed by atoms with E-state index in [1.54, 1.807) is 6.07 Å². The van der Waals surface area contributed by atoms with E-state index in [0.717, 1.165) is 16.2 Å². The first-order chi connectivity index (χ1) is 11.4. The lowest BCUT2D eigenvalue weighted by Gasteiger charge is -2.10. The number of carbonyl (C=O) groups is 2. The molecule has 0 bridgehead atoms. The first-order valence-corrected chi connectivity index (χ1v) is 8.86. The van der Waals surface area contributed by atoms with Crippen molar-refractivity contribution in [3.63, 3.8) is 0 Å². The third-order valence-corrected chi connectivity index (χ3v) is 4.94. The van der Waals surface area contributed by atoms with E-state index in [4.69, 9.17) is 4.74 Å². The smallest absolute Gasteiger partial charge is 0.339 e. The molecule has 1 atom stereocenters. The van der Waals surface area contributed by atoms with Gasteiger partial charge in [0.25, 0.3) is 5.91 Å². The van der Waals surface area contributed by atoms with Gasteiger partial charge in [-0.05, 0) is 49.9 Å². The minimum absolute atomic E-state index is 0.291. The Hall–Kier alpha value is -2.14. The lowest BCUT2D eigenvalue weighted by molar-refractivity contribution is -0.119. The maximum Gasteiger partial charge on any atom is 0.339 e. The van der Waals surface area contributed by atoms with Gasteiger partial charge in [0.1, 0.15) is 0 Å². The molecule has 128 valence electrons. The molecule has 0 aliphatic heterocycles. The molecule has 1 aromatic heterocycles. The van der Waals surface area contributed by atoms with Gasteiger partial charge in [-0.25, -0.2) is 4.79 Å². The van der Waals surface area contributed by atoms with Crippen LogP contribution in [0.2, 0.25) is 0 Å². The lowest BCUT2D eigenvalue weighted by Crippen LogP contribution is -2.21. The third kappa shape index (κ3) is 4.68. The molecule has 24 heavy (non-hydrogen) atoms. The summed E-state index contributed by atoms with van der Waals surface area (Å²) in [5.74, 6) is -0.309. The van der Waals surface area contributed by atoms with E-state index in [2.05, 4.69) is 19.2 Å². The van der Waals surface area contributed by atoms with E-state index in [0.29, 0.717) is 17.2 Å². The highest BCUT2D eigenvalue weighted by Crippen LogP contribution is 2.22. The van der Waals surface area contributed by atoms with Crippen molar-refractivity contribution in [2.45, 2.75) is 40.0 Å². The number of hydrogen-bond acceptors (Lipinski definition) is 4. The summed E-state index contributed by atoms with van der Waals surface area (Å²) in [4.78, 5) is 25.9. The Morgan fingerprint density at radius 2 is 1.88 bits per heavy atom. The number of ether oxygens (including phenoxy) is 1. The van der Waals surface area contributed by atoms with Crippen LogP contribution in [0.15, 0.2) is 30.3 Å². The van der Waals surface area contributed by atoms with Crippen molar-refractivity contribution in [3.8, 4) is 0 Å². The maximum atomic E-state index is 12.0. The van der Waals surface area contributed by atoms with Crippen LogP contribution in [0.25, 0.3) is 0 Å². The second-order valence-electron chi connectivity index (χ2n) is 5.88. The molecule has 2 rings (SSSR count). The van der Waals surface area contributed by atoms with E-state index >= 15 is 0 Å². The van der Waals surface area contributed by atoms with Gasteiger partial charge in [-0.3, -0.25) is 4.79 Å². The molecule has 0 radical (unpaired) electrons. The number of amides is 1. The van der Waals surface area contributed by atoms with Gasteiger partial charge in [-0.2, -0.15) is 0 Å². The van der Waals surface area contributed by atoms with E-state index in [9.17, 15) is 9.59 Å². The fourth-order valence-electron chi connectivity index (χ4n) is 2.37. The van der Waals surface area contributed by atoms with E-state index in [-0.39, 0.29) is 12.5 Å². The molecule has 0 unspecified atom stereocenters. The van der Waals surface area contributed by atoms with Gasteiger partial charge in [0.05, 0.1) is 5.56 Å². The first kappa shape index (κ1) is 18.2. The minimum Gasteiger partial charge on any atom is -0.452 e. The van der Waals surface area contributed by atoms with Crippen molar-refractivity contribution >= 4 is 28.9 Å². The Bertz CT molecular complexity index is 719. The van der Waals surface area contributed by atoms with Crippen LogP contribution >= 0.6 is 11.3 Å². The Labute approximate surface area is 146 Å². The molecular formula is C19H23NO3S. The van der Waals surface area contributed by atoms with Crippen molar-refractivity contribution in [2.24, 2.45) is 0 Å². The standard InChI is InChI=1S/C19H23NO3S/c1-5-12(2)15-6-8-16(9-7-15)20-18(21)11-23-19(22)17-10-13(3)24-14(17)4/h6-10,12H,5,11H2,1-4H3,(H,20,21)/t12-/m0/s1. The van der Waals surface area contributed by atoms with E-state index in [1.165, 1.54) is 16.9 Å². The molecule has 0 spiro atoms. The fourth-order valence-corrected chi connectivity index (χ4v) is 3.28. The second kappa shape index (κ2) is 8.11. The average Bonchev–Trinajstić information content (AvgIpc) is 2.91. The van der Waals surface area contributed by atoms with E-state index < -0.39 is 5.97 Å². The zero-order valence-electron chi connectivity index (χ0n) is 14.5. The summed E-state index contributed by atoms with van der Waals surface area (Å²) in [7, 11) is 0. The zero-order valence-corrected chi connectivity index (χ0v) is 15.3. The first-order valence-electron chi connectivity index (χ1n) is 8.04. The fraction of sp³-hybridized carbons (Fsp3) is 0.368. The van der Waals surface area contributed by atoms with Crippen LogP contribution in [0.3, 0.4) is 0 Å². The quantitative estimate of drug-likeness (QED) is 0.774. The van der Waals surface area contributed by atoms with Gasteiger partial charge in [0.2, 0.25) is 0 Å². The molecule has 1 heterocycles. The molecule has 1 N–H and O–H groups in total. The third-order valence-electron chi connectivity index (χ3n) is 3.97. The van der Waals surface area contributed by atoms with Crippen LogP contribution in [0.5, 0.6) is 0 Å². The highest BCUT2D eigenvalue weighted by molar-refractivity contribution is 7.12. The summed E-state index contributed by atoms with van der Waals surface area (Å²) < 4.78 is 5.09. The Balaban J connectivity index is 1.87. The van der Waals surface area contributed by atoms with Gasteiger partial charge in [0.15, 0.2) is 6.61 Å². The van der Waals surface area contributed by atoms with Gasteiger partial charge in [-0.1, -0.05) is 26.0 Å². The van der Waals surface area contributed by atoms with Gasteiger partial charge < -0.3 is 10.1 Å². The molecule has 0 aliphatic carbocycles. The molecule has 0 saturated heterocycles. The topological polar surface area (TPSA) is 55.4 Å². The maximum absolute atomic E-state index is 12.0. The van der Waals surface area contributed by atoms with Crippen molar-refractivity contribution in [2.75, 3.05) is 11.9 Å². The molecule has 0 aliphatic rings. The molecule has 0 saturated carbocycles. The zero-order chi connectivity index (χ0) is 17.7. The Morgan fingerprint density at radius 1 is 1.21 bits per heavy atom. The highest BCUT2D eigenvalue weighted by Gasteiger charge is 2.15. The summed E-state index contributed by atoms with van der Waals surface area (Å²) in [6.07, 6.45) is 1.07. The number of esters is 1. The summed E-state index contributed by atoms with van der Waals surface area (Å²) in [5, 5.41) is 2.74. The van der Waals surface area contributed by atoms with E-state index in [1.807, 2.05) is 38.1 Å². The van der Waals surface area contributed by atoms with Crippen LogP contribution in [-0.2, 0) is 9.53 Å². The number of benzene rings is 1. The number of nitrogens with one attached hydrogen (secondary N) is 1. The second-order valence-corrected chi connectivity index (χ2v) is 7.34. The molecule has 1 amide bonds. The molecule has 5 heteroatoms. The number of hydrogen-bond donors (Lipinski definition) is 1. The van der Waals surface area contributed by atoms with Crippen molar-refractivity contribution < 1.29 is 14.3 Å². The van der Waals surface area contributed by atoms with Crippen molar-refractivity contribution in [1.82, 2.24) is 0 Å². The molecule has 2 aromatic rings. The van der Waals surface area contributed by atoms with Crippen LogP contribution in [0, 0.1) is 13.8 Å². The van der Waals surface area contributed by atoms with Crippen LogP contribution < -0.4 is 5.32 Å². The SMILES string of the molecule is CC[C@H](C)c1ccc(NC(=O)COC(=O)c2cc(C)sc2C)cc1.